The minimum atomic E-state index is -3.86. The van der Waals surface area contributed by atoms with Gasteiger partial charge in [0, 0.05) is 4.57 Å². The molecule has 114 valence electrons. The Kier molecular flexibility index (Phi) is 12.1. The number of hydrogen-bond acceptors (Lipinski definition) is 3. The molecule has 0 amide bonds. The smallest absolute Gasteiger partial charge is 0.322 e. The Labute approximate surface area is 117 Å². The monoisotopic (exact) mass is 313 g/mol. The molecule has 0 radical (unpaired) electrons. The molecule has 0 aliphatic rings. The van der Waals surface area contributed by atoms with E-state index in [9.17, 15) is 14.0 Å². The highest BCUT2D eigenvalue weighted by atomic mass is 31.2. The molecule has 0 saturated heterocycles. The molecule has 19 heavy (non-hydrogen) atoms. The highest BCUT2D eigenvalue weighted by Crippen LogP contribution is 2.50. The van der Waals surface area contributed by atoms with Crippen LogP contribution < -0.4 is 0 Å². The Bertz CT molecular complexity index is 283. The molecule has 5 nitrogen and oxygen atoms in total. The van der Waals surface area contributed by atoms with E-state index in [-0.39, 0.29) is 6.16 Å². The standard InChI is InChI=1S/C12H26O5P2/c1-2-3-4-5-6-7-8-9-10-11-12-19(15,16)17-18(13)14/h2-12H2,1H3,(H-,13,14,15,16)/p+1. The van der Waals surface area contributed by atoms with Crippen molar-refractivity contribution in [2.24, 2.45) is 0 Å². The Morgan fingerprint density at radius 2 is 1.37 bits per heavy atom. The number of unbranched alkanes of at least 4 members (excludes halogenated alkanes) is 9. The lowest BCUT2D eigenvalue weighted by Gasteiger charge is -2.04. The predicted octanol–water partition coefficient (Wildman–Crippen LogP) is 4.76. The summed E-state index contributed by atoms with van der Waals surface area (Å²) in [5.41, 5.74) is 0. The van der Waals surface area contributed by atoms with Crippen LogP contribution in [-0.2, 0) is 13.4 Å². The van der Waals surface area contributed by atoms with Crippen molar-refractivity contribution >= 4 is 15.9 Å². The van der Waals surface area contributed by atoms with Crippen LogP contribution >= 0.6 is 15.9 Å². The van der Waals surface area contributed by atoms with Crippen LogP contribution in [0.4, 0.5) is 0 Å². The molecule has 2 unspecified atom stereocenters. The maximum Gasteiger partial charge on any atom is 0.703 e. The van der Waals surface area contributed by atoms with Crippen molar-refractivity contribution in [3.05, 3.63) is 0 Å². The predicted molar refractivity (Wildman–Crippen MR) is 77.4 cm³/mol. The van der Waals surface area contributed by atoms with Crippen molar-refractivity contribution in [2.75, 3.05) is 6.16 Å². The summed E-state index contributed by atoms with van der Waals surface area (Å²) in [4.78, 5) is 17.6. The van der Waals surface area contributed by atoms with Crippen molar-refractivity contribution < 1.29 is 23.2 Å². The van der Waals surface area contributed by atoms with Gasteiger partial charge in [-0.15, -0.1) is 4.89 Å². The summed E-state index contributed by atoms with van der Waals surface area (Å²) in [6, 6.07) is 0. The average Bonchev–Trinajstić information content (AvgIpc) is 2.30. The summed E-state index contributed by atoms with van der Waals surface area (Å²) >= 11 is 0. The van der Waals surface area contributed by atoms with Crippen LogP contribution in [-0.4, -0.2) is 15.9 Å². The second-order valence-electron chi connectivity index (χ2n) is 4.86. The lowest BCUT2D eigenvalue weighted by atomic mass is 10.1. The van der Waals surface area contributed by atoms with Crippen LogP contribution in [0.2, 0.25) is 0 Å². The molecule has 2 N–H and O–H groups in total. The largest absolute Gasteiger partial charge is 0.703 e. The molecule has 7 heteroatoms. The van der Waals surface area contributed by atoms with Gasteiger partial charge in [-0.25, -0.2) is 0 Å². The first-order chi connectivity index (χ1) is 8.98. The molecule has 0 fully saturated rings. The zero-order chi connectivity index (χ0) is 14.6. The minimum Gasteiger partial charge on any atom is -0.322 e. The van der Waals surface area contributed by atoms with E-state index in [1.807, 2.05) is 0 Å². The zero-order valence-electron chi connectivity index (χ0n) is 11.8. The molecule has 0 heterocycles. The lowest BCUT2D eigenvalue weighted by molar-refractivity contribution is 0.348. The van der Waals surface area contributed by atoms with E-state index in [0.717, 1.165) is 19.3 Å². The van der Waals surface area contributed by atoms with E-state index >= 15 is 0 Å². The first-order valence-electron chi connectivity index (χ1n) is 7.15. The van der Waals surface area contributed by atoms with Gasteiger partial charge in [-0.2, -0.15) is 0 Å². The fourth-order valence-corrected chi connectivity index (χ4v) is 3.77. The average molecular weight is 313 g/mol. The van der Waals surface area contributed by atoms with Gasteiger partial charge in [-0.05, 0) is 10.7 Å². The fraction of sp³-hybridized carbons (Fsp3) is 1.00. The van der Waals surface area contributed by atoms with Gasteiger partial charge >= 0.3 is 15.9 Å². The third-order valence-corrected chi connectivity index (χ3v) is 5.45. The van der Waals surface area contributed by atoms with Crippen LogP contribution in [0, 0.1) is 0 Å². The molecular weight excluding hydrogens is 286 g/mol. The molecule has 0 rings (SSSR count). The van der Waals surface area contributed by atoms with E-state index in [1.54, 1.807) is 0 Å². The van der Waals surface area contributed by atoms with Crippen LogP contribution in [0.25, 0.3) is 0 Å². The fourth-order valence-electron chi connectivity index (χ4n) is 1.95. The van der Waals surface area contributed by atoms with Crippen molar-refractivity contribution in [3.8, 4) is 0 Å². The first kappa shape index (κ1) is 19.2. The van der Waals surface area contributed by atoms with E-state index in [2.05, 4.69) is 11.2 Å². The van der Waals surface area contributed by atoms with Crippen molar-refractivity contribution in [2.45, 2.75) is 71.1 Å². The summed E-state index contributed by atoms with van der Waals surface area (Å²) < 4.78 is 25.6. The van der Waals surface area contributed by atoms with Crippen LogP contribution in [0.1, 0.15) is 71.1 Å². The lowest BCUT2D eigenvalue weighted by Crippen LogP contribution is -1.91. The Morgan fingerprint density at radius 1 is 0.947 bits per heavy atom. The summed E-state index contributed by atoms with van der Waals surface area (Å²) in [5.74, 6) is 0. The molecule has 0 aromatic heterocycles. The van der Waals surface area contributed by atoms with Gasteiger partial charge in [0.1, 0.15) is 0 Å². The van der Waals surface area contributed by atoms with Gasteiger partial charge < -0.3 is 4.89 Å². The van der Waals surface area contributed by atoms with Crippen LogP contribution in [0.3, 0.4) is 0 Å². The SMILES string of the molecule is CCCCCCCCCCCCP(=O)(O)O[P+](=O)O. The normalized spacial score (nSPS) is 15.2. The molecule has 0 aliphatic heterocycles. The number of rotatable bonds is 13. The van der Waals surface area contributed by atoms with E-state index in [4.69, 9.17) is 4.89 Å². The van der Waals surface area contributed by atoms with E-state index in [0.29, 0.717) is 6.42 Å². The molecular formula is C12H27O5P2+. The highest BCUT2D eigenvalue weighted by molar-refractivity contribution is 7.59. The maximum atomic E-state index is 11.2. The summed E-state index contributed by atoms with van der Waals surface area (Å²) in [5, 5.41) is 0. The van der Waals surface area contributed by atoms with Gasteiger partial charge in [0.2, 0.25) is 0 Å². The van der Waals surface area contributed by atoms with Gasteiger partial charge in [0.15, 0.2) is 0 Å². The summed E-state index contributed by atoms with van der Waals surface area (Å²) in [6.07, 6.45) is 11.3. The molecule has 0 saturated carbocycles. The van der Waals surface area contributed by atoms with Crippen LogP contribution in [0.5, 0.6) is 0 Å². The quantitative estimate of drug-likeness (QED) is 0.378. The Balaban J connectivity index is 3.31. The minimum absolute atomic E-state index is 0.0366. The van der Waals surface area contributed by atoms with E-state index < -0.39 is 15.9 Å². The number of hydrogen-bond donors (Lipinski definition) is 2. The van der Waals surface area contributed by atoms with E-state index in [1.165, 1.54) is 38.5 Å². The second-order valence-corrected chi connectivity index (χ2v) is 7.71. The highest BCUT2D eigenvalue weighted by Gasteiger charge is 2.31. The second kappa shape index (κ2) is 12.0. The van der Waals surface area contributed by atoms with Crippen molar-refractivity contribution in [3.63, 3.8) is 0 Å². The topological polar surface area (TPSA) is 83.8 Å². The third kappa shape index (κ3) is 14.4. The van der Waals surface area contributed by atoms with Gasteiger partial charge in [-0.3, -0.25) is 4.57 Å². The first-order valence-corrected chi connectivity index (χ1v) is 10.0. The third-order valence-electron chi connectivity index (χ3n) is 2.99. The van der Waals surface area contributed by atoms with Gasteiger partial charge in [0.25, 0.3) is 0 Å². The maximum absolute atomic E-state index is 11.2. The van der Waals surface area contributed by atoms with Crippen molar-refractivity contribution in [1.82, 2.24) is 0 Å². The van der Waals surface area contributed by atoms with Gasteiger partial charge in [0.05, 0.1) is 6.16 Å². The molecule has 0 aromatic carbocycles. The summed E-state index contributed by atoms with van der Waals surface area (Å²) in [7, 11) is -6.85. The van der Waals surface area contributed by atoms with Crippen LogP contribution in [0.15, 0.2) is 0 Å². The van der Waals surface area contributed by atoms with Gasteiger partial charge in [-0.1, -0.05) is 64.7 Å². The molecule has 0 aliphatic carbocycles. The molecule has 0 aromatic rings. The molecule has 0 bridgehead atoms. The Morgan fingerprint density at radius 3 is 1.79 bits per heavy atom. The van der Waals surface area contributed by atoms with Crippen molar-refractivity contribution in [1.29, 1.82) is 0 Å². The Hall–Kier alpha value is 0.210. The molecule has 0 spiro atoms. The molecule has 2 atom stereocenters. The summed E-state index contributed by atoms with van der Waals surface area (Å²) in [6.45, 7) is 2.20. The zero-order valence-corrected chi connectivity index (χ0v) is 13.6.